The minimum atomic E-state index is -0.887. The van der Waals surface area contributed by atoms with E-state index in [0.29, 0.717) is 25.3 Å². The first kappa shape index (κ1) is 14.3. The Morgan fingerprint density at radius 3 is 2.90 bits per heavy atom. The molecule has 2 rings (SSSR count). The van der Waals surface area contributed by atoms with Crippen LogP contribution in [0.25, 0.3) is 0 Å². The van der Waals surface area contributed by atoms with Gasteiger partial charge in [0.15, 0.2) is 0 Å². The van der Waals surface area contributed by atoms with Crippen molar-refractivity contribution in [3.8, 4) is 5.88 Å². The van der Waals surface area contributed by atoms with Crippen LogP contribution in [0.2, 0.25) is 0 Å². The van der Waals surface area contributed by atoms with E-state index >= 15 is 0 Å². The minimum absolute atomic E-state index is 0.208. The lowest BCUT2D eigenvalue weighted by Gasteiger charge is -2.16. The Hall–Kier alpha value is -2.11. The van der Waals surface area contributed by atoms with Gasteiger partial charge in [0.2, 0.25) is 11.8 Å². The molecule has 1 aromatic heterocycles. The van der Waals surface area contributed by atoms with Crippen molar-refractivity contribution >= 4 is 11.9 Å². The molecule has 20 heavy (non-hydrogen) atoms. The van der Waals surface area contributed by atoms with Crippen molar-refractivity contribution in [3.63, 3.8) is 0 Å². The van der Waals surface area contributed by atoms with Crippen LogP contribution in [-0.4, -0.2) is 29.1 Å². The molecule has 1 fully saturated rings. The molecule has 1 saturated carbocycles. The number of amides is 1. The number of aromatic nitrogens is 1. The largest absolute Gasteiger partial charge is 0.481 e. The Morgan fingerprint density at radius 2 is 2.20 bits per heavy atom. The van der Waals surface area contributed by atoms with E-state index < -0.39 is 17.8 Å². The summed E-state index contributed by atoms with van der Waals surface area (Å²) in [6.45, 7) is 0.290. The molecule has 0 bridgehead atoms. The van der Waals surface area contributed by atoms with Gasteiger partial charge in [0, 0.05) is 18.3 Å². The third kappa shape index (κ3) is 3.07. The molecule has 2 N–H and O–H groups in total. The zero-order valence-corrected chi connectivity index (χ0v) is 11.3. The number of ether oxygens (including phenoxy) is 1. The maximum absolute atomic E-state index is 12.1. The molecule has 1 aromatic rings. The summed E-state index contributed by atoms with van der Waals surface area (Å²) in [5, 5.41) is 11.9. The van der Waals surface area contributed by atoms with Gasteiger partial charge >= 0.3 is 5.97 Å². The molecular formula is C14H18N2O4. The van der Waals surface area contributed by atoms with E-state index in [1.54, 1.807) is 12.3 Å². The Balaban J connectivity index is 1.97. The molecule has 2 atom stereocenters. The first-order valence-corrected chi connectivity index (χ1v) is 6.62. The topological polar surface area (TPSA) is 88.5 Å². The van der Waals surface area contributed by atoms with E-state index in [4.69, 9.17) is 9.84 Å². The summed E-state index contributed by atoms with van der Waals surface area (Å²) in [7, 11) is 1.52. The van der Waals surface area contributed by atoms with E-state index in [1.807, 2.05) is 6.07 Å². The van der Waals surface area contributed by atoms with Crippen LogP contribution < -0.4 is 10.1 Å². The van der Waals surface area contributed by atoms with Crippen molar-refractivity contribution in [2.24, 2.45) is 11.8 Å². The molecule has 0 aromatic carbocycles. The highest BCUT2D eigenvalue weighted by Gasteiger charge is 2.37. The lowest BCUT2D eigenvalue weighted by molar-refractivity contribution is -0.146. The molecule has 1 aliphatic rings. The highest BCUT2D eigenvalue weighted by atomic mass is 16.5. The van der Waals surface area contributed by atoms with Crippen LogP contribution in [0.15, 0.2) is 18.3 Å². The number of hydrogen-bond donors (Lipinski definition) is 2. The lowest BCUT2D eigenvalue weighted by atomic mass is 9.95. The van der Waals surface area contributed by atoms with E-state index in [9.17, 15) is 9.59 Å². The second-order valence-electron chi connectivity index (χ2n) is 4.87. The van der Waals surface area contributed by atoms with Gasteiger partial charge in [-0.25, -0.2) is 4.98 Å². The van der Waals surface area contributed by atoms with Gasteiger partial charge in [-0.05, 0) is 18.9 Å². The highest BCUT2D eigenvalue weighted by Crippen LogP contribution is 2.32. The van der Waals surface area contributed by atoms with Crippen LogP contribution in [0.5, 0.6) is 5.88 Å². The summed E-state index contributed by atoms with van der Waals surface area (Å²) in [6.07, 6.45) is 3.60. The minimum Gasteiger partial charge on any atom is -0.481 e. The smallest absolute Gasteiger partial charge is 0.307 e. The second kappa shape index (κ2) is 6.36. The number of carboxylic acid groups (broad SMARTS) is 1. The van der Waals surface area contributed by atoms with Crippen LogP contribution in [-0.2, 0) is 16.1 Å². The van der Waals surface area contributed by atoms with Gasteiger partial charge in [-0.1, -0.05) is 12.5 Å². The first-order valence-electron chi connectivity index (χ1n) is 6.62. The number of carbonyl (C=O) groups excluding carboxylic acids is 1. The summed E-state index contributed by atoms with van der Waals surface area (Å²) < 4.78 is 5.11. The zero-order chi connectivity index (χ0) is 14.5. The van der Waals surface area contributed by atoms with Crippen molar-refractivity contribution in [2.45, 2.75) is 25.8 Å². The number of aliphatic carboxylic acids is 1. The quantitative estimate of drug-likeness (QED) is 0.845. The summed E-state index contributed by atoms with van der Waals surface area (Å²) in [4.78, 5) is 27.2. The van der Waals surface area contributed by atoms with Crippen molar-refractivity contribution in [1.29, 1.82) is 0 Å². The van der Waals surface area contributed by atoms with Crippen LogP contribution in [0.4, 0.5) is 0 Å². The van der Waals surface area contributed by atoms with Gasteiger partial charge in [-0.2, -0.15) is 0 Å². The number of rotatable bonds is 5. The normalized spacial score (nSPS) is 21.4. The van der Waals surface area contributed by atoms with Crippen LogP contribution in [0.3, 0.4) is 0 Å². The number of hydrogen-bond acceptors (Lipinski definition) is 4. The fourth-order valence-electron chi connectivity index (χ4n) is 2.63. The average Bonchev–Trinajstić information content (AvgIpc) is 2.94. The molecular weight excluding hydrogens is 260 g/mol. The summed E-state index contributed by atoms with van der Waals surface area (Å²) in [6, 6.07) is 3.58. The van der Waals surface area contributed by atoms with E-state index in [1.165, 1.54) is 7.11 Å². The van der Waals surface area contributed by atoms with Crippen molar-refractivity contribution < 1.29 is 19.4 Å². The Labute approximate surface area is 117 Å². The maximum Gasteiger partial charge on any atom is 0.307 e. The predicted octanol–water partition coefficient (Wildman–Crippen LogP) is 1.21. The van der Waals surface area contributed by atoms with E-state index in [0.717, 1.165) is 12.0 Å². The monoisotopic (exact) mass is 278 g/mol. The number of methoxy groups -OCH3 is 1. The summed E-state index contributed by atoms with van der Waals surface area (Å²) >= 11 is 0. The zero-order valence-electron chi connectivity index (χ0n) is 11.3. The number of pyridine rings is 1. The van der Waals surface area contributed by atoms with Gasteiger partial charge in [0.25, 0.3) is 0 Å². The molecule has 6 heteroatoms. The van der Waals surface area contributed by atoms with E-state index in [2.05, 4.69) is 10.3 Å². The van der Waals surface area contributed by atoms with Crippen LogP contribution in [0, 0.1) is 11.8 Å². The third-order valence-corrected chi connectivity index (χ3v) is 3.67. The number of carboxylic acids is 1. The number of nitrogens with one attached hydrogen (secondary N) is 1. The predicted molar refractivity (Wildman–Crippen MR) is 71.1 cm³/mol. The Morgan fingerprint density at radius 1 is 1.45 bits per heavy atom. The molecule has 0 radical (unpaired) electrons. The van der Waals surface area contributed by atoms with Crippen molar-refractivity contribution in [3.05, 3.63) is 23.9 Å². The molecule has 0 aliphatic heterocycles. The average molecular weight is 278 g/mol. The van der Waals surface area contributed by atoms with Gasteiger partial charge in [-0.15, -0.1) is 0 Å². The van der Waals surface area contributed by atoms with E-state index in [-0.39, 0.29) is 5.91 Å². The van der Waals surface area contributed by atoms with Gasteiger partial charge in [0.05, 0.1) is 18.9 Å². The number of nitrogens with zero attached hydrogens (tertiary/aromatic N) is 1. The van der Waals surface area contributed by atoms with Crippen LogP contribution in [0.1, 0.15) is 24.8 Å². The fraction of sp³-hybridized carbons (Fsp3) is 0.500. The maximum atomic E-state index is 12.1. The molecule has 0 spiro atoms. The molecule has 6 nitrogen and oxygen atoms in total. The highest BCUT2D eigenvalue weighted by molar-refractivity contribution is 5.85. The number of carbonyl (C=O) groups is 2. The Kier molecular flexibility index (Phi) is 4.55. The third-order valence-electron chi connectivity index (χ3n) is 3.67. The molecule has 1 aliphatic carbocycles. The fourth-order valence-corrected chi connectivity index (χ4v) is 2.63. The molecule has 1 heterocycles. The molecule has 108 valence electrons. The summed E-state index contributed by atoms with van der Waals surface area (Å²) in [5.41, 5.74) is 0.772. The van der Waals surface area contributed by atoms with Gasteiger partial charge in [-0.3, -0.25) is 9.59 Å². The van der Waals surface area contributed by atoms with Crippen molar-refractivity contribution in [1.82, 2.24) is 10.3 Å². The second-order valence-corrected chi connectivity index (χ2v) is 4.87. The summed E-state index contributed by atoms with van der Waals surface area (Å²) in [5.74, 6) is -1.63. The van der Waals surface area contributed by atoms with Crippen LogP contribution >= 0.6 is 0 Å². The van der Waals surface area contributed by atoms with Gasteiger partial charge < -0.3 is 15.2 Å². The Bertz CT molecular complexity index is 504. The van der Waals surface area contributed by atoms with Gasteiger partial charge in [0.1, 0.15) is 0 Å². The molecule has 2 unspecified atom stereocenters. The standard InChI is InChI=1S/C14H18N2O4/c1-20-13-9(4-3-7-15-13)8-16-12(17)10-5-2-6-11(10)14(18)19/h3-4,7,10-11H,2,5-6,8H2,1H3,(H,16,17)(H,18,19). The first-order chi connectivity index (χ1) is 9.63. The van der Waals surface area contributed by atoms with Crippen molar-refractivity contribution in [2.75, 3.05) is 7.11 Å². The lowest BCUT2D eigenvalue weighted by Crippen LogP contribution is -2.35. The molecule has 1 amide bonds. The SMILES string of the molecule is COc1ncccc1CNC(=O)C1CCCC1C(=O)O. The molecule has 0 saturated heterocycles.